The van der Waals surface area contributed by atoms with E-state index in [1.54, 1.807) is 16.8 Å². The summed E-state index contributed by atoms with van der Waals surface area (Å²) in [5.41, 5.74) is 7.25. The fraction of sp³-hybridized carbons (Fsp3) is 0.259. The largest absolute Gasteiger partial charge is 0.382 e. The zero-order chi connectivity index (χ0) is 27.1. The number of rotatable bonds is 4. The molecule has 0 unspecified atom stereocenters. The molecule has 39 heavy (non-hydrogen) atoms. The van der Waals surface area contributed by atoms with Gasteiger partial charge in [0.15, 0.2) is 0 Å². The smallest absolute Gasteiger partial charge is 0.256 e. The van der Waals surface area contributed by atoms with Gasteiger partial charge in [0.05, 0.1) is 17.0 Å². The number of nitriles is 1. The number of carbonyl (C=O) groups is 2. The van der Waals surface area contributed by atoms with Gasteiger partial charge < -0.3 is 21.3 Å². The number of nitrogen functional groups attached to an aromatic ring is 1. The fourth-order valence-electron chi connectivity index (χ4n) is 5.39. The van der Waals surface area contributed by atoms with E-state index in [9.17, 15) is 9.59 Å². The fourth-order valence-corrected chi connectivity index (χ4v) is 5.39. The van der Waals surface area contributed by atoms with Gasteiger partial charge in [-0.15, -0.1) is 0 Å². The molecule has 12 heteroatoms. The first kappa shape index (κ1) is 24.3. The minimum atomic E-state index is -0.656. The number of hydrogen-bond donors (Lipinski definition) is 3. The maximum atomic E-state index is 15.5. The Hall–Kier alpha value is -5.05. The molecule has 196 valence electrons. The maximum absolute atomic E-state index is 15.5. The summed E-state index contributed by atoms with van der Waals surface area (Å²) in [5.74, 6) is -0.143. The van der Waals surface area contributed by atoms with Gasteiger partial charge in [-0.05, 0) is 49.6 Å². The van der Waals surface area contributed by atoms with Crippen LogP contribution in [0.5, 0.6) is 0 Å². The highest BCUT2D eigenvalue weighted by molar-refractivity contribution is 6.04. The first-order valence-electron chi connectivity index (χ1n) is 12.5. The maximum Gasteiger partial charge on any atom is 0.256 e. The number of imidazole rings is 1. The first-order chi connectivity index (χ1) is 18.9. The van der Waals surface area contributed by atoms with Crippen molar-refractivity contribution in [2.45, 2.75) is 19.3 Å². The molecule has 1 spiro atoms. The Morgan fingerprint density at radius 2 is 1.97 bits per heavy atom. The monoisotopic (exact) mass is 525 g/mol. The summed E-state index contributed by atoms with van der Waals surface area (Å²) in [5, 5.41) is 14.6. The van der Waals surface area contributed by atoms with Crippen LogP contribution in [0.15, 0.2) is 48.9 Å². The van der Waals surface area contributed by atoms with Gasteiger partial charge in [0, 0.05) is 49.4 Å². The number of nitrogens with one attached hydrogen (secondary N) is 2. The Bertz CT molecular complexity index is 1670. The Balaban J connectivity index is 1.31. The summed E-state index contributed by atoms with van der Waals surface area (Å²) in [6.45, 7) is 1.95. The van der Waals surface area contributed by atoms with E-state index in [2.05, 4.69) is 25.5 Å². The molecule has 2 aliphatic rings. The lowest BCUT2D eigenvalue weighted by atomic mass is 9.77. The number of piperidine rings is 1. The summed E-state index contributed by atoms with van der Waals surface area (Å²) in [7, 11) is 0. The summed E-state index contributed by atoms with van der Waals surface area (Å²) in [6.07, 6.45) is 6.93. The van der Waals surface area contributed by atoms with E-state index in [0.29, 0.717) is 55.2 Å². The van der Waals surface area contributed by atoms with Crippen LogP contribution in [0.1, 0.15) is 35.2 Å². The number of nitrogens with two attached hydrogens (primary N) is 1. The van der Waals surface area contributed by atoms with Crippen LogP contribution in [0.25, 0.3) is 16.8 Å². The van der Waals surface area contributed by atoms with Crippen molar-refractivity contribution in [3.63, 3.8) is 0 Å². The van der Waals surface area contributed by atoms with Gasteiger partial charge in [-0.25, -0.2) is 19.3 Å². The first-order valence-corrected chi connectivity index (χ1v) is 12.5. The van der Waals surface area contributed by atoms with E-state index in [4.69, 9.17) is 16.0 Å². The molecular weight excluding hydrogens is 501 g/mol. The molecule has 2 saturated heterocycles. The number of amides is 2. The van der Waals surface area contributed by atoms with Crippen LogP contribution in [0.4, 0.5) is 22.0 Å². The van der Waals surface area contributed by atoms with E-state index < -0.39 is 11.7 Å². The van der Waals surface area contributed by atoms with Crippen molar-refractivity contribution in [2.24, 2.45) is 5.41 Å². The zero-order valence-corrected chi connectivity index (χ0v) is 20.8. The molecule has 2 fully saturated rings. The van der Waals surface area contributed by atoms with Crippen molar-refractivity contribution in [1.82, 2.24) is 24.7 Å². The second-order valence-electron chi connectivity index (χ2n) is 9.76. The van der Waals surface area contributed by atoms with Crippen molar-refractivity contribution in [2.75, 3.05) is 35.6 Å². The molecule has 0 aliphatic carbocycles. The van der Waals surface area contributed by atoms with Crippen molar-refractivity contribution >= 4 is 34.9 Å². The number of carbonyl (C=O) groups excluding carboxylic acids is 2. The van der Waals surface area contributed by atoms with Gasteiger partial charge in [0.1, 0.15) is 28.7 Å². The number of hydrogen-bond acceptors (Lipinski definition) is 8. The third-order valence-electron chi connectivity index (χ3n) is 7.56. The standard InChI is InChI=1S/C27H24FN9O2/c28-19-14-17(24(38)34-20-13-16(15-29)3-7-31-20)1-2-18(19)21-22-23(30)32-9-12-37(22)26(35-21)36-10-5-27(6-11-36)4-8-33-25(27)39/h1-3,7,9,12-14H,4-6,8,10-11H2,(H2,30,32)(H,33,39)(H,31,34,38). The van der Waals surface area contributed by atoms with Crippen molar-refractivity contribution in [3.05, 3.63) is 65.9 Å². The molecule has 2 aliphatic heterocycles. The molecule has 5 heterocycles. The Kier molecular flexibility index (Phi) is 5.83. The van der Waals surface area contributed by atoms with E-state index in [1.165, 1.54) is 30.5 Å². The second kappa shape index (κ2) is 9.36. The van der Waals surface area contributed by atoms with Crippen molar-refractivity contribution in [3.8, 4) is 17.3 Å². The number of fused-ring (bicyclic) bond motifs is 1. The molecule has 3 aromatic heterocycles. The predicted octanol–water partition coefficient (Wildman–Crippen LogP) is 2.74. The summed E-state index contributed by atoms with van der Waals surface area (Å²) in [4.78, 5) is 40.2. The summed E-state index contributed by atoms with van der Waals surface area (Å²) in [6, 6.07) is 9.02. The molecule has 1 aromatic carbocycles. The average molecular weight is 526 g/mol. The van der Waals surface area contributed by atoms with Gasteiger partial charge in [-0.2, -0.15) is 5.26 Å². The van der Waals surface area contributed by atoms with Crippen LogP contribution in [-0.2, 0) is 4.79 Å². The van der Waals surface area contributed by atoms with Crippen LogP contribution in [0, 0.1) is 22.6 Å². The Labute approximate surface area is 222 Å². The molecular formula is C27H24FN9O2. The molecule has 0 saturated carbocycles. The molecule has 0 atom stereocenters. The highest BCUT2D eigenvalue weighted by Gasteiger charge is 2.45. The van der Waals surface area contributed by atoms with Crippen LogP contribution in [0.2, 0.25) is 0 Å². The highest BCUT2D eigenvalue weighted by Crippen LogP contribution is 2.40. The van der Waals surface area contributed by atoms with Crippen LogP contribution >= 0.6 is 0 Å². The van der Waals surface area contributed by atoms with E-state index in [-0.39, 0.29) is 34.1 Å². The predicted molar refractivity (Wildman–Crippen MR) is 141 cm³/mol. The van der Waals surface area contributed by atoms with E-state index in [0.717, 1.165) is 12.5 Å². The van der Waals surface area contributed by atoms with Gasteiger partial charge in [0.25, 0.3) is 5.91 Å². The normalized spacial score (nSPS) is 16.3. The van der Waals surface area contributed by atoms with Gasteiger partial charge in [-0.3, -0.25) is 14.0 Å². The lowest BCUT2D eigenvalue weighted by Crippen LogP contribution is -2.44. The zero-order valence-electron chi connectivity index (χ0n) is 20.8. The number of benzene rings is 1. The van der Waals surface area contributed by atoms with Crippen molar-refractivity contribution in [1.29, 1.82) is 5.26 Å². The Morgan fingerprint density at radius 1 is 1.15 bits per heavy atom. The topological polar surface area (TPSA) is 154 Å². The third-order valence-corrected chi connectivity index (χ3v) is 7.56. The van der Waals surface area contributed by atoms with E-state index >= 15 is 4.39 Å². The minimum absolute atomic E-state index is 0.0754. The Morgan fingerprint density at radius 3 is 2.69 bits per heavy atom. The van der Waals surface area contributed by atoms with Gasteiger partial charge in [0.2, 0.25) is 11.9 Å². The van der Waals surface area contributed by atoms with Crippen LogP contribution in [0.3, 0.4) is 0 Å². The molecule has 2 amide bonds. The minimum Gasteiger partial charge on any atom is -0.382 e. The van der Waals surface area contributed by atoms with Crippen LogP contribution < -0.4 is 21.3 Å². The molecule has 6 rings (SSSR count). The average Bonchev–Trinajstić information content (AvgIpc) is 3.50. The van der Waals surface area contributed by atoms with E-state index in [1.807, 2.05) is 6.07 Å². The van der Waals surface area contributed by atoms with Crippen LogP contribution in [-0.4, -0.2) is 50.8 Å². The molecule has 0 radical (unpaired) electrons. The summed E-state index contributed by atoms with van der Waals surface area (Å²) < 4.78 is 17.3. The number of nitrogens with zero attached hydrogens (tertiary/aromatic N) is 6. The molecule has 11 nitrogen and oxygen atoms in total. The van der Waals surface area contributed by atoms with Gasteiger partial charge >= 0.3 is 0 Å². The number of pyridine rings is 1. The quantitative estimate of drug-likeness (QED) is 0.367. The molecule has 4 aromatic rings. The third kappa shape index (κ3) is 4.17. The lowest BCUT2D eigenvalue weighted by molar-refractivity contribution is -0.128. The molecule has 0 bridgehead atoms. The van der Waals surface area contributed by atoms with Crippen molar-refractivity contribution < 1.29 is 14.0 Å². The summed E-state index contributed by atoms with van der Waals surface area (Å²) >= 11 is 0. The van der Waals surface area contributed by atoms with Gasteiger partial charge in [-0.1, -0.05) is 0 Å². The lowest BCUT2D eigenvalue weighted by Gasteiger charge is -2.37. The SMILES string of the molecule is N#Cc1ccnc(NC(=O)c2ccc(-c3nc(N4CCC5(CCNC5=O)CC4)n4ccnc(N)c34)c(F)c2)c1. The second-order valence-corrected chi connectivity index (χ2v) is 9.76. The highest BCUT2D eigenvalue weighted by atomic mass is 19.1. The number of anilines is 3. The number of aromatic nitrogens is 4. The molecule has 4 N–H and O–H groups in total. The number of halogens is 1.